The number of nitriles is 1. The van der Waals surface area contributed by atoms with Crippen molar-refractivity contribution in [3.8, 4) is 6.07 Å². The minimum Gasteiger partial charge on any atom is -0.411 e. The maximum atomic E-state index is 9.07. The van der Waals surface area contributed by atoms with Crippen LogP contribution in [0.25, 0.3) is 0 Å². The Morgan fingerprint density at radius 3 is 2.85 bits per heavy atom. The van der Waals surface area contributed by atoms with E-state index >= 15 is 0 Å². The molecule has 1 N–H and O–H groups in total. The van der Waals surface area contributed by atoms with Gasteiger partial charge in [0.2, 0.25) is 0 Å². The molecule has 0 atom stereocenters. The lowest BCUT2D eigenvalue weighted by molar-refractivity contribution is 0.317. The topological polar surface area (TPSA) is 59.6 Å². The zero-order valence-electron chi connectivity index (χ0n) is 12.1. The van der Waals surface area contributed by atoms with Crippen molar-refractivity contribution >= 4 is 11.4 Å². The monoisotopic (exact) mass is 271 g/mol. The Balaban J connectivity index is 2.06. The van der Waals surface area contributed by atoms with Crippen molar-refractivity contribution in [2.24, 2.45) is 10.6 Å². The van der Waals surface area contributed by atoms with Crippen LogP contribution in [0.5, 0.6) is 0 Å². The molecule has 1 aliphatic heterocycles. The number of fused-ring (bicyclic) bond motifs is 1. The van der Waals surface area contributed by atoms with Gasteiger partial charge in [0.25, 0.3) is 0 Å². The van der Waals surface area contributed by atoms with Gasteiger partial charge in [-0.05, 0) is 32.8 Å². The zero-order chi connectivity index (χ0) is 14.6. The second-order valence-electron chi connectivity index (χ2n) is 5.90. The molecule has 0 unspecified atom stereocenters. The predicted molar refractivity (Wildman–Crippen MR) is 80.2 cm³/mol. The maximum Gasteiger partial charge on any atom is 0.0906 e. The lowest BCUT2D eigenvalue weighted by Gasteiger charge is -2.32. The largest absolute Gasteiger partial charge is 0.411 e. The fourth-order valence-electron chi connectivity index (χ4n) is 2.59. The highest BCUT2D eigenvalue weighted by atomic mass is 16.4. The summed E-state index contributed by atoms with van der Waals surface area (Å²) in [5.41, 5.74) is 2.64. The van der Waals surface area contributed by atoms with Gasteiger partial charge in [-0.15, -0.1) is 0 Å². The molecule has 1 aromatic carbocycles. The molecule has 0 fully saturated rings. The van der Waals surface area contributed by atoms with Crippen LogP contribution in [0.3, 0.4) is 0 Å². The van der Waals surface area contributed by atoms with E-state index in [2.05, 4.69) is 22.2 Å². The number of benzene rings is 1. The summed E-state index contributed by atoms with van der Waals surface area (Å²) >= 11 is 0. The summed E-state index contributed by atoms with van der Waals surface area (Å²) in [4.78, 5) is 2.32. The Morgan fingerprint density at radius 2 is 2.15 bits per heavy atom. The third-order valence-electron chi connectivity index (χ3n) is 3.83. The van der Waals surface area contributed by atoms with Gasteiger partial charge in [-0.1, -0.05) is 23.4 Å². The Kier molecular flexibility index (Phi) is 4.29. The molecule has 20 heavy (non-hydrogen) atoms. The van der Waals surface area contributed by atoms with Crippen LogP contribution >= 0.6 is 0 Å². The first-order chi connectivity index (χ1) is 9.57. The third-order valence-corrected chi connectivity index (χ3v) is 3.83. The first kappa shape index (κ1) is 14.4. The van der Waals surface area contributed by atoms with Crippen LogP contribution in [-0.2, 0) is 0 Å². The number of para-hydroxylation sites is 1. The first-order valence-corrected chi connectivity index (χ1v) is 7.04. The van der Waals surface area contributed by atoms with Crippen LogP contribution in [-0.4, -0.2) is 24.0 Å². The van der Waals surface area contributed by atoms with E-state index in [0.717, 1.165) is 49.3 Å². The number of anilines is 1. The molecule has 4 heteroatoms. The fraction of sp³-hybridized carbons (Fsp3) is 0.500. The van der Waals surface area contributed by atoms with Gasteiger partial charge in [-0.25, -0.2) is 0 Å². The van der Waals surface area contributed by atoms with Gasteiger partial charge in [-0.3, -0.25) is 0 Å². The Labute approximate surface area is 120 Å². The molecule has 2 rings (SSSR count). The zero-order valence-corrected chi connectivity index (χ0v) is 12.1. The molecule has 4 nitrogen and oxygen atoms in total. The standard InChI is InChI=1S/C16H21N3O/c1-16(2,12-17)9-5-10-19-11-8-14(18-20)13-6-3-4-7-15(13)19/h3-4,6-7,20H,5,8-11H2,1-2H3. The summed E-state index contributed by atoms with van der Waals surface area (Å²) < 4.78 is 0. The van der Waals surface area contributed by atoms with Crippen molar-refractivity contribution in [2.75, 3.05) is 18.0 Å². The van der Waals surface area contributed by atoms with Crippen molar-refractivity contribution in [1.29, 1.82) is 5.26 Å². The van der Waals surface area contributed by atoms with Crippen molar-refractivity contribution in [3.63, 3.8) is 0 Å². The lowest BCUT2D eigenvalue weighted by atomic mass is 9.89. The molecule has 1 aromatic rings. The number of oxime groups is 1. The minimum atomic E-state index is -0.257. The number of hydrogen-bond donors (Lipinski definition) is 1. The third kappa shape index (κ3) is 3.11. The summed E-state index contributed by atoms with van der Waals surface area (Å²) in [6.07, 6.45) is 2.64. The molecule has 1 aliphatic rings. The van der Waals surface area contributed by atoms with Crippen molar-refractivity contribution in [2.45, 2.75) is 33.1 Å². The molecule has 0 aromatic heterocycles. The highest BCUT2D eigenvalue weighted by molar-refractivity contribution is 6.06. The van der Waals surface area contributed by atoms with Crippen LogP contribution in [0, 0.1) is 16.7 Å². The van der Waals surface area contributed by atoms with Crippen LogP contribution in [0.2, 0.25) is 0 Å². The average molecular weight is 271 g/mol. The van der Waals surface area contributed by atoms with E-state index < -0.39 is 0 Å². The minimum absolute atomic E-state index is 0.257. The predicted octanol–water partition coefficient (Wildman–Crippen LogP) is 3.40. The highest BCUT2D eigenvalue weighted by Gasteiger charge is 2.22. The maximum absolute atomic E-state index is 9.07. The summed E-state index contributed by atoms with van der Waals surface area (Å²) in [7, 11) is 0. The van der Waals surface area contributed by atoms with Gasteiger partial charge in [0, 0.05) is 30.8 Å². The van der Waals surface area contributed by atoms with Gasteiger partial charge in [-0.2, -0.15) is 5.26 Å². The fourth-order valence-corrected chi connectivity index (χ4v) is 2.59. The van der Waals surface area contributed by atoms with E-state index in [1.807, 2.05) is 32.0 Å². The van der Waals surface area contributed by atoms with Crippen LogP contribution < -0.4 is 4.90 Å². The van der Waals surface area contributed by atoms with E-state index in [4.69, 9.17) is 10.5 Å². The van der Waals surface area contributed by atoms with E-state index in [-0.39, 0.29) is 5.41 Å². The van der Waals surface area contributed by atoms with Crippen molar-refractivity contribution in [3.05, 3.63) is 29.8 Å². The number of hydrogen-bond acceptors (Lipinski definition) is 4. The van der Waals surface area contributed by atoms with Gasteiger partial charge < -0.3 is 10.1 Å². The molecule has 0 bridgehead atoms. The smallest absolute Gasteiger partial charge is 0.0906 e. The lowest BCUT2D eigenvalue weighted by Crippen LogP contribution is -2.33. The quantitative estimate of drug-likeness (QED) is 0.674. The SMILES string of the molecule is CC(C)(C#N)CCCN1CCC(=NO)c2ccccc21. The van der Waals surface area contributed by atoms with Crippen molar-refractivity contribution < 1.29 is 5.21 Å². The van der Waals surface area contributed by atoms with Crippen LogP contribution in [0.4, 0.5) is 5.69 Å². The molecule has 0 amide bonds. The Hall–Kier alpha value is -2.02. The highest BCUT2D eigenvalue weighted by Crippen LogP contribution is 2.28. The molecular weight excluding hydrogens is 250 g/mol. The van der Waals surface area contributed by atoms with E-state index in [0.29, 0.717) is 0 Å². The molecule has 1 heterocycles. The van der Waals surface area contributed by atoms with Gasteiger partial charge in [0.05, 0.1) is 17.2 Å². The van der Waals surface area contributed by atoms with E-state index in [9.17, 15) is 0 Å². The number of rotatable bonds is 4. The van der Waals surface area contributed by atoms with Crippen LogP contribution in [0.1, 0.15) is 38.7 Å². The summed E-state index contributed by atoms with van der Waals surface area (Å²) in [5, 5.41) is 21.5. The molecule has 0 radical (unpaired) electrons. The van der Waals surface area contributed by atoms with Crippen LogP contribution in [0.15, 0.2) is 29.4 Å². The molecule has 0 saturated carbocycles. The average Bonchev–Trinajstić information content (AvgIpc) is 2.47. The van der Waals surface area contributed by atoms with E-state index in [1.54, 1.807) is 0 Å². The molecule has 106 valence electrons. The summed E-state index contributed by atoms with van der Waals surface area (Å²) in [6.45, 7) is 5.76. The normalized spacial score (nSPS) is 16.9. The molecule has 0 spiro atoms. The molecule has 0 saturated heterocycles. The first-order valence-electron chi connectivity index (χ1n) is 7.04. The molecular formula is C16H21N3O. The van der Waals surface area contributed by atoms with Gasteiger partial charge >= 0.3 is 0 Å². The summed E-state index contributed by atoms with van der Waals surface area (Å²) in [5.74, 6) is 0. The van der Waals surface area contributed by atoms with Gasteiger partial charge in [0.15, 0.2) is 0 Å². The molecule has 0 aliphatic carbocycles. The van der Waals surface area contributed by atoms with E-state index in [1.165, 1.54) is 0 Å². The Morgan fingerprint density at radius 1 is 1.40 bits per heavy atom. The second-order valence-corrected chi connectivity index (χ2v) is 5.90. The summed E-state index contributed by atoms with van der Waals surface area (Å²) in [6, 6.07) is 10.4. The van der Waals surface area contributed by atoms with Gasteiger partial charge in [0.1, 0.15) is 0 Å². The number of nitrogens with zero attached hydrogens (tertiary/aromatic N) is 3. The Bertz CT molecular complexity index is 543. The second kappa shape index (κ2) is 5.96. The van der Waals surface area contributed by atoms with Crippen molar-refractivity contribution in [1.82, 2.24) is 0 Å².